The second-order valence-electron chi connectivity index (χ2n) is 5.10. The molecular weight excluding hydrogens is 368 g/mol. The number of hydrogen-bond donors (Lipinski definition) is 1. The fourth-order valence-electron chi connectivity index (χ4n) is 2.41. The summed E-state index contributed by atoms with van der Waals surface area (Å²) >= 11 is 0. The van der Waals surface area contributed by atoms with Crippen molar-refractivity contribution in [3.05, 3.63) is 29.5 Å². The highest BCUT2D eigenvalue weighted by Crippen LogP contribution is 2.32. The minimum Gasteiger partial charge on any atom is -0.495 e. The van der Waals surface area contributed by atoms with E-state index in [0.717, 1.165) is 0 Å². The second kappa shape index (κ2) is 7.72. The van der Waals surface area contributed by atoms with Crippen LogP contribution < -0.4 is 14.8 Å². The molecule has 0 atom stereocenters. The van der Waals surface area contributed by atoms with E-state index in [-0.39, 0.29) is 35.3 Å². The Morgan fingerprint density at radius 2 is 1.81 bits per heavy atom. The first-order valence-electron chi connectivity index (χ1n) is 7.20. The molecule has 0 saturated heterocycles. The summed E-state index contributed by atoms with van der Waals surface area (Å²) < 4.78 is 43.1. The highest BCUT2D eigenvalue weighted by molar-refractivity contribution is 7.89. The number of nitrogens with zero attached hydrogens (tertiary/aromatic N) is 1. The maximum atomic E-state index is 12.2. The monoisotopic (exact) mass is 386 g/mol. The summed E-state index contributed by atoms with van der Waals surface area (Å²) in [4.78, 5) is 25.3. The molecule has 1 aromatic rings. The maximum absolute atomic E-state index is 12.2. The quantitative estimate of drug-likeness (QED) is 0.679. The van der Waals surface area contributed by atoms with Crippen molar-refractivity contribution in [2.45, 2.75) is 4.90 Å². The first kappa shape index (κ1) is 19.7. The van der Waals surface area contributed by atoms with Gasteiger partial charge in [0.1, 0.15) is 23.1 Å². The average Bonchev–Trinajstić information content (AvgIpc) is 2.64. The molecule has 2 rings (SSSR count). The van der Waals surface area contributed by atoms with E-state index in [0.29, 0.717) is 5.69 Å². The maximum Gasteiger partial charge on any atom is 0.355 e. The zero-order valence-corrected chi connectivity index (χ0v) is 15.2. The Balaban J connectivity index is 2.61. The number of anilines is 1. The molecule has 1 heterocycles. The van der Waals surface area contributed by atoms with Crippen molar-refractivity contribution < 1.29 is 37.0 Å². The lowest BCUT2D eigenvalue weighted by molar-refractivity contribution is -0.140. The van der Waals surface area contributed by atoms with Gasteiger partial charge in [-0.2, -0.15) is 0 Å². The van der Waals surface area contributed by atoms with Crippen LogP contribution in [-0.4, -0.2) is 55.0 Å². The van der Waals surface area contributed by atoms with Gasteiger partial charge in [0.15, 0.2) is 0 Å². The van der Waals surface area contributed by atoms with Crippen molar-refractivity contribution in [2.75, 3.05) is 39.6 Å². The number of sulfonamides is 1. The minimum atomic E-state index is -4.01. The zero-order valence-electron chi connectivity index (χ0n) is 14.3. The summed E-state index contributed by atoms with van der Waals surface area (Å²) in [5, 5.41) is 5.15. The SMILES string of the molecule is COC(=O)C1=C(C(=O)OC)N(c2ccc(S(N)(=O)=O)c(OC)c2)COC1. The Labute approximate surface area is 150 Å². The normalized spacial score (nSPS) is 14.8. The highest BCUT2D eigenvalue weighted by Gasteiger charge is 2.33. The van der Waals surface area contributed by atoms with Gasteiger partial charge in [0, 0.05) is 11.8 Å². The van der Waals surface area contributed by atoms with Crippen molar-refractivity contribution in [3.63, 3.8) is 0 Å². The number of rotatable bonds is 5. The number of esters is 2. The molecule has 0 saturated carbocycles. The van der Waals surface area contributed by atoms with Crippen LogP contribution in [0, 0.1) is 0 Å². The third kappa shape index (κ3) is 3.79. The Hall–Kier alpha value is -2.63. The summed E-state index contributed by atoms with van der Waals surface area (Å²) in [5.74, 6) is -1.55. The van der Waals surface area contributed by atoms with E-state index in [1.54, 1.807) is 0 Å². The number of hydrogen-bond acceptors (Lipinski definition) is 9. The van der Waals surface area contributed by atoms with Gasteiger partial charge in [-0.25, -0.2) is 23.1 Å². The van der Waals surface area contributed by atoms with Crippen molar-refractivity contribution in [1.29, 1.82) is 0 Å². The van der Waals surface area contributed by atoms with Gasteiger partial charge in [-0.1, -0.05) is 0 Å². The average molecular weight is 386 g/mol. The van der Waals surface area contributed by atoms with Gasteiger partial charge in [0.25, 0.3) is 0 Å². The Morgan fingerprint density at radius 3 is 2.35 bits per heavy atom. The van der Waals surface area contributed by atoms with E-state index < -0.39 is 22.0 Å². The molecule has 10 nitrogen and oxygen atoms in total. The minimum absolute atomic E-state index is 0.0277. The predicted octanol–water partition coefficient (Wildman–Crippen LogP) is -0.263. The molecule has 2 N–H and O–H groups in total. The number of nitrogens with two attached hydrogens (primary N) is 1. The van der Waals surface area contributed by atoms with Crippen LogP contribution in [0.2, 0.25) is 0 Å². The summed E-state index contributed by atoms with van der Waals surface area (Å²) in [5.41, 5.74) is 0.229. The predicted molar refractivity (Wildman–Crippen MR) is 88.7 cm³/mol. The molecule has 0 spiro atoms. The number of ether oxygens (including phenoxy) is 4. The number of carbonyl (C=O) groups is 2. The van der Waals surface area contributed by atoms with Gasteiger partial charge >= 0.3 is 11.9 Å². The fraction of sp³-hybridized carbons (Fsp3) is 0.333. The lowest BCUT2D eigenvalue weighted by atomic mass is 10.1. The van der Waals surface area contributed by atoms with Crippen LogP contribution in [-0.2, 0) is 33.8 Å². The summed E-state index contributed by atoms with van der Waals surface area (Å²) in [6.07, 6.45) is 0. The van der Waals surface area contributed by atoms with E-state index in [9.17, 15) is 18.0 Å². The van der Waals surface area contributed by atoms with Crippen LogP contribution in [0.25, 0.3) is 0 Å². The van der Waals surface area contributed by atoms with Crippen LogP contribution >= 0.6 is 0 Å². The van der Waals surface area contributed by atoms with Crippen LogP contribution in [0.4, 0.5) is 5.69 Å². The molecular formula is C15H18N2O8S. The summed E-state index contributed by atoms with van der Waals surface area (Å²) in [7, 11) is -0.390. The smallest absolute Gasteiger partial charge is 0.355 e. The molecule has 1 aromatic carbocycles. The van der Waals surface area contributed by atoms with E-state index in [1.165, 1.54) is 44.4 Å². The van der Waals surface area contributed by atoms with Crippen LogP contribution in [0.3, 0.4) is 0 Å². The van der Waals surface area contributed by atoms with Crippen molar-refractivity contribution >= 4 is 27.6 Å². The number of benzene rings is 1. The van der Waals surface area contributed by atoms with E-state index in [2.05, 4.69) is 4.74 Å². The molecule has 0 amide bonds. The molecule has 0 fully saturated rings. The third-order valence-corrected chi connectivity index (χ3v) is 4.55. The van der Waals surface area contributed by atoms with E-state index in [4.69, 9.17) is 19.3 Å². The number of carbonyl (C=O) groups excluding carboxylic acids is 2. The Bertz CT molecular complexity index is 862. The van der Waals surface area contributed by atoms with Crippen molar-refractivity contribution in [2.24, 2.45) is 5.14 Å². The molecule has 1 aliphatic rings. The van der Waals surface area contributed by atoms with Crippen LogP contribution in [0.15, 0.2) is 34.4 Å². The van der Waals surface area contributed by atoms with Gasteiger partial charge in [0.2, 0.25) is 10.0 Å². The largest absolute Gasteiger partial charge is 0.495 e. The van der Waals surface area contributed by atoms with Crippen LogP contribution in [0.5, 0.6) is 5.75 Å². The Kier molecular flexibility index (Phi) is 5.85. The first-order valence-corrected chi connectivity index (χ1v) is 8.75. The number of primary sulfonamides is 1. The zero-order chi connectivity index (χ0) is 19.5. The molecule has 0 bridgehead atoms. The first-order chi connectivity index (χ1) is 12.2. The summed E-state index contributed by atoms with van der Waals surface area (Å²) in [6, 6.07) is 3.98. The van der Waals surface area contributed by atoms with Crippen LogP contribution in [0.1, 0.15) is 0 Å². The number of methoxy groups -OCH3 is 3. The second-order valence-corrected chi connectivity index (χ2v) is 6.63. The topological polar surface area (TPSA) is 134 Å². The molecule has 11 heteroatoms. The van der Waals surface area contributed by atoms with Gasteiger partial charge < -0.3 is 23.8 Å². The molecule has 0 unspecified atom stereocenters. The van der Waals surface area contributed by atoms with Crippen molar-refractivity contribution in [1.82, 2.24) is 0 Å². The third-order valence-electron chi connectivity index (χ3n) is 3.60. The van der Waals surface area contributed by atoms with Gasteiger partial charge in [-0.3, -0.25) is 0 Å². The Morgan fingerprint density at radius 1 is 1.15 bits per heavy atom. The van der Waals surface area contributed by atoms with Gasteiger partial charge in [0.05, 0.1) is 33.5 Å². The molecule has 0 radical (unpaired) electrons. The molecule has 0 aromatic heterocycles. The van der Waals surface area contributed by atoms with Gasteiger partial charge in [-0.05, 0) is 12.1 Å². The fourth-order valence-corrected chi connectivity index (χ4v) is 3.09. The lowest BCUT2D eigenvalue weighted by Gasteiger charge is -2.31. The van der Waals surface area contributed by atoms with Crippen molar-refractivity contribution in [3.8, 4) is 5.75 Å². The summed E-state index contributed by atoms with van der Waals surface area (Å²) in [6.45, 7) is -0.219. The van der Waals surface area contributed by atoms with Gasteiger partial charge in [-0.15, -0.1) is 0 Å². The lowest BCUT2D eigenvalue weighted by Crippen LogP contribution is -2.38. The standard InChI is InChI=1S/C15H18N2O8S/c1-22-11-6-9(4-5-12(11)26(16,20)21)17-8-25-7-10(14(18)23-2)13(17)15(19)24-3/h4-6H,7-8H2,1-3H3,(H2,16,20,21). The molecule has 1 aliphatic heterocycles. The molecule has 26 heavy (non-hydrogen) atoms. The highest BCUT2D eigenvalue weighted by atomic mass is 32.2. The molecule has 142 valence electrons. The van der Waals surface area contributed by atoms with E-state index in [1.807, 2.05) is 0 Å². The van der Waals surface area contributed by atoms with E-state index >= 15 is 0 Å². The molecule has 0 aliphatic carbocycles.